The lowest BCUT2D eigenvalue weighted by Crippen LogP contribution is -2.29. The summed E-state index contributed by atoms with van der Waals surface area (Å²) in [6.45, 7) is 8.00. The second-order valence-electron chi connectivity index (χ2n) is 7.23. The van der Waals surface area contributed by atoms with Crippen LogP contribution in [0.1, 0.15) is 68.6 Å². The van der Waals surface area contributed by atoms with E-state index in [-0.39, 0.29) is 35.3 Å². The fraction of sp³-hybridized carbons (Fsp3) is 0.737. The zero-order valence-electron chi connectivity index (χ0n) is 17.4. The molecule has 1 aromatic rings. The minimum atomic E-state index is -0.650. The Morgan fingerprint density at radius 3 is 2.50 bits per heavy atom. The molecule has 1 unspecified atom stereocenters. The van der Waals surface area contributed by atoms with Gasteiger partial charge >= 0.3 is 5.97 Å². The average Bonchev–Trinajstić information content (AvgIpc) is 3.17. The molecule has 0 aromatic carbocycles. The fourth-order valence-electron chi connectivity index (χ4n) is 2.95. The number of azide groups is 1. The summed E-state index contributed by atoms with van der Waals surface area (Å²) in [6.07, 6.45) is 1.32. The van der Waals surface area contributed by atoms with Crippen LogP contribution in [0, 0.1) is 17.8 Å². The van der Waals surface area contributed by atoms with Crippen molar-refractivity contribution in [1.82, 2.24) is 4.98 Å². The number of ether oxygens (including phenoxy) is 2. The summed E-state index contributed by atoms with van der Waals surface area (Å²) in [6, 6.07) is -0.650. The average molecular weight is 411 g/mol. The molecule has 1 heterocycles. The summed E-state index contributed by atoms with van der Waals surface area (Å²) in [5, 5.41) is 6.05. The van der Waals surface area contributed by atoms with Crippen LogP contribution in [0.25, 0.3) is 10.4 Å². The van der Waals surface area contributed by atoms with E-state index >= 15 is 0 Å². The normalized spacial score (nSPS) is 15.4. The van der Waals surface area contributed by atoms with Crippen LogP contribution in [0.2, 0.25) is 0 Å². The Hall–Kier alpha value is -1.96. The van der Waals surface area contributed by atoms with E-state index in [4.69, 9.17) is 15.0 Å². The molecule has 0 spiro atoms. The Labute approximate surface area is 170 Å². The van der Waals surface area contributed by atoms with Crippen LogP contribution in [-0.2, 0) is 14.3 Å². The second-order valence-corrected chi connectivity index (χ2v) is 8.12. The van der Waals surface area contributed by atoms with Crippen LogP contribution >= 0.6 is 11.3 Å². The highest BCUT2D eigenvalue weighted by atomic mass is 32.1. The molecule has 4 atom stereocenters. The number of rotatable bonds is 12. The summed E-state index contributed by atoms with van der Waals surface area (Å²) in [5.74, 6) is -0.279. The van der Waals surface area contributed by atoms with Crippen molar-refractivity contribution in [2.24, 2.45) is 22.9 Å². The molecule has 0 bridgehead atoms. The Bertz CT molecular complexity index is 700. The topological polar surface area (TPSA) is 114 Å². The van der Waals surface area contributed by atoms with Crippen molar-refractivity contribution >= 4 is 23.1 Å². The molecule has 1 rings (SSSR count). The molecule has 0 fully saturated rings. The van der Waals surface area contributed by atoms with Crippen molar-refractivity contribution in [3.63, 3.8) is 0 Å². The Kier molecular flexibility index (Phi) is 10.1. The van der Waals surface area contributed by atoms with Gasteiger partial charge in [-0.15, -0.1) is 11.3 Å². The highest BCUT2D eigenvalue weighted by molar-refractivity contribution is 7.09. The van der Waals surface area contributed by atoms with E-state index < -0.39 is 12.0 Å². The maximum absolute atomic E-state index is 12.8. The van der Waals surface area contributed by atoms with E-state index in [9.17, 15) is 9.59 Å². The van der Waals surface area contributed by atoms with Crippen molar-refractivity contribution in [2.45, 2.75) is 59.1 Å². The van der Waals surface area contributed by atoms with Crippen molar-refractivity contribution in [2.75, 3.05) is 14.2 Å². The standard InChI is InChI=1S/C19H30N4O4S/c1-7-12(4)17(22-23-20)15(24)8-13(11(2)3)9-16(26-5)18-21-14(10-28-18)19(25)27-6/h10-13,16-17H,7-9H2,1-6H3/t12?,13-,16-,17+/m1/s1. The Balaban J connectivity index is 2.95. The maximum atomic E-state index is 12.8. The van der Waals surface area contributed by atoms with Crippen LogP contribution in [0.4, 0.5) is 0 Å². The van der Waals surface area contributed by atoms with E-state index in [1.807, 2.05) is 13.8 Å². The Morgan fingerprint density at radius 2 is 2.00 bits per heavy atom. The lowest BCUT2D eigenvalue weighted by Gasteiger charge is -2.26. The van der Waals surface area contributed by atoms with Gasteiger partial charge in [0, 0.05) is 23.8 Å². The van der Waals surface area contributed by atoms with E-state index in [1.165, 1.54) is 18.4 Å². The molecule has 0 aliphatic heterocycles. The van der Waals surface area contributed by atoms with Crippen molar-refractivity contribution in [3.8, 4) is 0 Å². The lowest BCUT2D eigenvalue weighted by atomic mass is 9.82. The number of methoxy groups -OCH3 is 2. The summed E-state index contributed by atoms with van der Waals surface area (Å²) < 4.78 is 10.3. The number of Topliss-reactive ketones (excluding diaryl/α,β-unsaturated/α-hetero) is 1. The highest BCUT2D eigenvalue weighted by Crippen LogP contribution is 2.33. The first-order chi connectivity index (χ1) is 13.3. The molecule has 0 saturated heterocycles. The lowest BCUT2D eigenvalue weighted by molar-refractivity contribution is -0.122. The number of ketones is 1. The van der Waals surface area contributed by atoms with Crippen LogP contribution < -0.4 is 0 Å². The number of carbonyl (C=O) groups is 2. The third-order valence-electron chi connectivity index (χ3n) is 5.09. The zero-order chi connectivity index (χ0) is 21.3. The largest absolute Gasteiger partial charge is 0.464 e. The first kappa shape index (κ1) is 24.1. The molecule has 0 aliphatic rings. The van der Waals surface area contributed by atoms with Gasteiger partial charge in [-0.1, -0.05) is 39.2 Å². The molecule has 0 saturated carbocycles. The first-order valence-corrected chi connectivity index (χ1v) is 10.3. The summed E-state index contributed by atoms with van der Waals surface area (Å²) in [7, 11) is 2.90. The highest BCUT2D eigenvalue weighted by Gasteiger charge is 2.29. The van der Waals surface area contributed by atoms with Gasteiger partial charge in [-0.05, 0) is 29.7 Å². The molecule has 9 heteroatoms. The van der Waals surface area contributed by atoms with Gasteiger partial charge in [-0.25, -0.2) is 9.78 Å². The van der Waals surface area contributed by atoms with E-state index in [0.717, 1.165) is 6.42 Å². The van der Waals surface area contributed by atoms with Gasteiger partial charge in [-0.2, -0.15) is 0 Å². The van der Waals surface area contributed by atoms with Crippen LogP contribution in [0.15, 0.2) is 10.5 Å². The van der Waals surface area contributed by atoms with Gasteiger partial charge < -0.3 is 9.47 Å². The number of carbonyl (C=O) groups excluding carboxylic acids is 2. The summed E-state index contributed by atoms with van der Waals surface area (Å²) in [4.78, 5) is 31.6. The molecule has 1 aromatic heterocycles. The minimum absolute atomic E-state index is 0.00369. The number of esters is 1. The predicted octanol–water partition coefficient (Wildman–Crippen LogP) is 4.96. The maximum Gasteiger partial charge on any atom is 0.357 e. The number of hydrogen-bond acceptors (Lipinski definition) is 7. The third kappa shape index (κ3) is 6.58. The number of aromatic nitrogens is 1. The molecule has 28 heavy (non-hydrogen) atoms. The molecular formula is C19H30N4O4S. The predicted molar refractivity (Wildman–Crippen MR) is 108 cm³/mol. The molecule has 0 radical (unpaired) electrons. The monoisotopic (exact) mass is 410 g/mol. The Morgan fingerprint density at radius 1 is 1.32 bits per heavy atom. The van der Waals surface area contributed by atoms with E-state index in [0.29, 0.717) is 17.8 Å². The molecule has 0 aliphatic carbocycles. The first-order valence-electron chi connectivity index (χ1n) is 9.42. The molecule has 0 amide bonds. The number of nitrogens with zero attached hydrogens (tertiary/aromatic N) is 4. The van der Waals surface area contributed by atoms with Gasteiger partial charge in [0.1, 0.15) is 16.9 Å². The van der Waals surface area contributed by atoms with Crippen molar-refractivity contribution in [3.05, 3.63) is 26.5 Å². The zero-order valence-corrected chi connectivity index (χ0v) is 18.2. The SMILES string of the molecule is CCC(C)[C@H](N=[N+]=[N-])C(=O)C[C@H](C[C@@H](OC)c1nc(C(=O)OC)cs1)C(C)C. The fourth-order valence-corrected chi connectivity index (χ4v) is 3.83. The second kappa shape index (κ2) is 11.8. The summed E-state index contributed by atoms with van der Waals surface area (Å²) in [5.41, 5.74) is 9.07. The van der Waals surface area contributed by atoms with Crippen molar-refractivity contribution in [1.29, 1.82) is 0 Å². The molecular weight excluding hydrogens is 380 g/mol. The van der Waals surface area contributed by atoms with Crippen LogP contribution in [-0.4, -0.2) is 37.0 Å². The van der Waals surface area contributed by atoms with Gasteiger partial charge in [0.15, 0.2) is 5.69 Å². The van der Waals surface area contributed by atoms with Gasteiger partial charge in [0.25, 0.3) is 0 Å². The van der Waals surface area contributed by atoms with E-state index in [1.54, 1.807) is 12.5 Å². The smallest absolute Gasteiger partial charge is 0.357 e. The number of thiazole rings is 1. The molecule has 0 N–H and O–H groups in total. The van der Waals surface area contributed by atoms with Crippen molar-refractivity contribution < 1.29 is 19.1 Å². The van der Waals surface area contributed by atoms with Gasteiger partial charge in [-0.3, -0.25) is 4.79 Å². The minimum Gasteiger partial charge on any atom is -0.464 e. The summed E-state index contributed by atoms with van der Waals surface area (Å²) >= 11 is 1.33. The third-order valence-corrected chi connectivity index (χ3v) is 6.03. The molecule has 156 valence electrons. The van der Waals surface area contributed by atoms with Gasteiger partial charge in [0.05, 0.1) is 13.2 Å². The quantitative estimate of drug-likeness (QED) is 0.209. The number of hydrogen-bond donors (Lipinski definition) is 0. The van der Waals surface area contributed by atoms with Gasteiger partial charge in [0.2, 0.25) is 0 Å². The van der Waals surface area contributed by atoms with Crippen LogP contribution in [0.3, 0.4) is 0 Å². The van der Waals surface area contributed by atoms with Crippen LogP contribution in [0.5, 0.6) is 0 Å². The molecule has 8 nitrogen and oxygen atoms in total. The van der Waals surface area contributed by atoms with E-state index in [2.05, 4.69) is 28.9 Å².